The first kappa shape index (κ1) is 20.6. The van der Waals surface area contributed by atoms with Gasteiger partial charge in [-0.1, -0.05) is 24.3 Å². The molecule has 1 saturated carbocycles. The summed E-state index contributed by atoms with van der Waals surface area (Å²) in [5.41, 5.74) is 2.76. The molecule has 3 aromatic rings. The fraction of sp³-hybridized carbons (Fsp3) is 0.280. The van der Waals surface area contributed by atoms with Gasteiger partial charge in [0, 0.05) is 16.8 Å². The third-order valence-corrected chi connectivity index (χ3v) is 5.88. The van der Waals surface area contributed by atoms with Crippen LogP contribution in [0.1, 0.15) is 24.0 Å². The molecule has 2 aliphatic rings. The number of aliphatic hydroxyl groups is 1. The van der Waals surface area contributed by atoms with Gasteiger partial charge >= 0.3 is 0 Å². The summed E-state index contributed by atoms with van der Waals surface area (Å²) < 4.78 is 24.3. The van der Waals surface area contributed by atoms with E-state index in [4.69, 9.17) is 9.47 Å². The Labute approximate surface area is 185 Å². The first-order valence-electron chi connectivity index (χ1n) is 10.6. The van der Waals surface area contributed by atoms with Crippen LogP contribution < -0.4 is 10.1 Å². The molecule has 1 aliphatic carbocycles. The number of nitrogens with one attached hydrogen (secondary N) is 1. The van der Waals surface area contributed by atoms with E-state index < -0.39 is 5.41 Å². The summed E-state index contributed by atoms with van der Waals surface area (Å²) in [6, 6.07) is 15.1. The first-order valence-corrected chi connectivity index (χ1v) is 10.6. The Hall–Kier alpha value is -3.29. The van der Waals surface area contributed by atoms with Gasteiger partial charge in [-0.3, -0.25) is 9.78 Å². The smallest absolute Gasteiger partial charge is 0.239 e. The minimum absolute atomic E-state index is 0.149. The standard InChI is InChI=1S/C25H23FN2O4/c26-19-5-7-20(8-6-19)28-24(30)25(14-31-15-25)18-3-1-16(2-4-18)23-17(13-29)11-22(12-27-23)32-21-9-10-21/h1-8,11-12,21,29H,9-10,13-15H2,(H,28,30). The molecule has 1 saturated heterocycles. The molecule has 2 heterocycles. The van der Waals surface area contributed by atoms with E-state index in [0.29, 0.717) is 22.7 Å². The molecule has 0 unspecified atom stereocenters. The number of halogens is 1. The van der Waals surface area contributed by atoms with Crippen LogP contribution in [0.3, 0.4) is 0 Å². The molecule has 1 amide bonds. The molecule has 2 fully saturated rings. The molecule has 164 valence electrons. The Balaban J connectivity index is 1.37. The lowest BCUT2D eigenvalue weighted by Crippen LogP contribution is -2.55. The van der Waals surface area contributed by atoms with Crippen molar-refractivity contribution in [3.8, 4) is 17.0 Å². The summed E-state index contributed by atoms with van der Waals surface area (Å²) >= 11 is 0. The second kappa shape index (κ2) is 8.33. The Kier molecular flexibility index (Phi) is 5.36. The number of nitrogens with zero attached hydrogens (tertiary/aromatic N) is 1. The fourth-order valence-corrected chi connectivity index (χ4v) is 3.78. The van der Waals surface area contributed by atoms with Gasteiger partial charge < -0.3 is 19.9 Å². The van der Waals surface area contributed by atoms with Crippen LogP contribution in [0.2, 0.25) is 0 Å². The van der Waals surface area contributed by atoms with Crippen LogP contribution in [0.25, 0.3) is 11.3 Å². The molecule has 6 nitrogen and oxygen atoms in total. The van der Waals surface area contributed by atoms with E-state index in [1.165, 1.54) is 24.3 Å². The number of anilines is 1. The minimum atomic E-state index is -0.803. The molecule has 7 heteroatoms. The second-order valence-corrected chi connectivity index (χ2v) is 8.27. The van der Waals surface area contributed by atoms with Crippen LogP contribution in [0.15, 0.2) is 60.8 Å². The summed E-state index contributed by atoms with van der Waals surface area (Å²) in [4.78, 5) is 17.5. The van der Waals surface area contributed by atoms with Crippen LogP contribution in [-0.2, 0) is 21.6 Å². The van der Waals surface area contributed by atoms with Crippen molar-refractivity contribution in [3.05, 3.63) is 77.7 Å². The predicted octanol–water partition coefficient (Wildman–Crippen LogP) is 3.83. The van der Waals surface area contributed by atoms with Gasteiger partial charge in [0.05, 0.1) is 37.8 Å². The van der Waals surface area contributed by atoms with Gasteiger partial charge in [-0.25, -0.2) is 4.39 Å². The number of amides is 1. The predicted molar refractivity (Wildman–Crippen MR) is 117 cm³/mol. The highest BCUT2D eigenvalue weighted by Gasteiger charge is 2.47. The fourth-order valence-electron chi connectivity index (χ4n) is 3.78. The van der Waals surface area contributed by atoms with Crippen molar-refractivity contribution in [1.82, 2.24) is 4.98 Å². The molecule has 0 atom stereocenters. The lowest BCUT2D eigenvalue weighted by atomic mass is 9.77. The van der Waals surface area contributed by atoms with Crippen molar-refractivity contribution >= 4 is 11.6 Å². The number of pyridine rings is 1. The molecule has 5 rings (SSSR count). The van der Waals surface area contributed by atoms with E-state index in [9.17, 15) is 14.3 Å². The highest BCUT2D eigenvalue weighted by atomic mass is 19.1. The van der Waals surface area contributed by atoms with E-state index in [2.05, 4.69) is 10.3 Å². The number of aromatic nitrogens is 1. The van der Waals surface area contributed by atoms with Crippen molar-refractivity contribution in [2.75, 3.05) is 18.5 Å². The monoisotopic (exact) mass is 434 g/mol. The molecule has 1 aromatic heterocycles. The van der Waals surface area contributed by atoms with Crippen molar-refractivity contribution in [1.29, 1.82) is 0 Å². The number of carbonyl (C=O) groups is 1. The Morgan fingerprint density at radius 3 is 2.47 bits per heavy atom. The number of rotatable bonds is 7. The van der Waals surface area contributed by atoms with E-state index in [0.717, 1.165) is 24.0 Å². The number of aliphatic hydroxyl groups excluding tert-OH is 1. The van der Waals surface area contributed by atoms with Crippen LogP contribution in [-0.4, -0.2) is 35.3 Å². The zero-order chi connectivity index (χ0) is 22.1. The van der Waals surface area contributed by atoms with Crippen LogP contribution >= 0.6 is 0 Å². The number of benzene rings is 2. The Morgan fingerprint density at radius 2 is 1.88 bits per heavy atom. The zero-order valence-electron chi connectivity index (χ0n) is 17.4. The molecule has 0 radical (unpaired) electrons. The molecule has 1 aliphatic heterocycles. The van der Waals surface area contributed by atoms with Crippen molar-refractivity contribution in [2.45, 2.75) is 31.0 Å². The van der Waals surface area contributed by atoms with Gasteiger partial charge in [-0.05, 0) is 48.7 Å². The summed E-state index contributed by atoms with van der Waals surface area (Å²) in [5, 5.41) is 12.7. The largest absolute Gasteiger partial charge is 0.489 e. The average Bonchev–Trinajstić information content (AvgIpc) is 3.59. The SMILES string of the molecule is O=C(Nc1ccc(F)cc1)C1(c2ccc(-c3ncc(OC4CC4)cc3CO)cc2)COC1. The number of carbonyl (C=O) groups excluding carboxylic acids is 1. The molecule has 0 spiro atoms. The summed E-state index contributed by atoms with van der Waals surface area (Å²) in [5.74, 6) is 0.113. The Morgan fingerprint density at radius 1 is 1.16 bits per heavy atom. The van der Waals surface area contributed by atoms with Gasteiger partial charge in [-0.15, -0.1) is 0 Å². The maximum Gasteiger partial charge on any atom is 0.239 e. The lowest BCUT2D eigenvalue weighted by Gasteiger charge is -2.40. The lowest BCUT2D eigenvalue weighted by molar-refractivity contribution is -0.139. The van der Waals surface area contributed by atoms with Crippen LogP contribution in [0.5, 0.6) is 5.75 Å². The van der Waals surface area contributed by atoms with Gasteiger partial charge in [0.2, 0.25) is 5.91 Å². The molecule has 2 N–H and O–H groups in total. The number of hydrogen-bond acceptors (Lipinski definition) is 5. The van der Waals surface area contributed by atoms with E-state index in [-0.39, 0.29) is 37.6 Å². The normalized spacial score (nSPS) is 16.8. The highest BCUT2D eigenvalue weighted by Crippen LogP contribution is 2.36. The molecular formula is C25H23FN2O4. The summed E-state index contributed by atoms with van der Waals surface area (Å²) in [6.45, 7) is 0.392. The van der Waals surface area contributed by atoms with Crippen LogP contribution in [0.4, 0.5) is 10.1 Å². The van der Waals surface area contributed by atoms with E-state index in [1.54, 1.807) is 6.20 Å². The van der Waals surface area contributed by atoms with E-state index >= 15 is 0 Å². The highest BCUT2D eigenvalue weighted by molar-refractivity contribution is 6.00. The van der Waals surface area contributed by atoms with Crippen molar-refractivity contribution in [3.63, 3.8) is 0 Å². The van der Waals surface area contributed by atoms with Crippen molar-refractivity contribution < 1.29 is 23.8 Å². The van der Waals surface area contributed by atoms with Gasteiger partial charge in [0.25, 0.3) is 0 Å². The quantitative estimate of drug-likeness (QED) is 0.591. The molecule has 0 bridgehead atoms. The molecule has 2 aromatic carbocycles. The zero-order valence-corrected chi connectivity index (χ0v) is 17.4. The molecule has 32 heavy (non-hydrogen) atoms. The second-order valence-electron chi connectivity index (χ2n) is 8.27. The van der Waals surface area contributed by atoms with Crippen LogP contribution in [0, 0.1) is 5.82 Å². The number of ether oxygens (including phenoxy) is 2. The summed E-state index contributed by atoms with van der Waals surface area (Å²) in [7, 11) is 0. The maximum atomic E-state index is 13.2. The third kappa shape index (κ3) is 3.97. The number of hydrogen-bond donors (Lipinski definition) is 2. The van der Waals surface area contributed by atoms with Gasteiger partial charge in [0.15, 0.2) is 0 Å². The van der Waals surface area contributed by atoms with E-state index in [1.807, 2.05) is 30.3 Å². The van der Waals surface area contributed by atoms with Crippen molar-refractivity contribution in [2.24, 2.45) is 0 Å². The average molecular weight is 434 g/mol. The maximum absolute atomic E-state index is 13.2. The summed E-state index contributed by atoms with van der Waals surface area (Å²) in [6.07, 6.45) is 4.05. The van der Waals surface area contributed by atoms with Gasteiger partial charge in [0.1, 0.15) is 17.0 Å². The Bertz CT molecular complexity index is 1120. The first-order chi connectivity index (χ1) is 15.6. The minimum Gasteiger partial charge on any atom is -0.489 e. The topological polar surface area (TPSA) is 80.7 Å². The third-order valence-electron chi connectivity index (χ3n) is 5.88. The molecular weight excluding hydrogens is 411 g/mol. The van der Waals surface area contributed by atoms with Gasteiger partial charge in [-0.2, -0.15) is 0 Å².